The molecule has 0 aliphatic carbocycles. The molecule has 1 amide bonds. The van der Waals surface area contributed by atoms with Crippen molar-refractivity contribution in [2.75, 3.05) is 26.2 Å². The zero-order valence-corrected chi connectivity index (χ0v) is 19.6. The first-order valence-electron chi connectivity index (χ1n) is 10.7. The highest BCUT2D eigenvalue weighted by atomic mass is 32.2. The second-order valence-electron chi connectivity index (χ2n) is 8.53. The fourth-order valence-corrected chi connectivity index (χ4v) is 6.50. The second kappa shape index (κ2) is 9.19. The summed E-state index contributed by atoms with van der Waals surface area (Å²) in [4.78, 5) is 40.7. The van der Waals surface area contributed by atoms with Gasteiger partial charge in [0.1, 0.15) is 25.2 Å². The number of hydrogen-bond acceptors (Lipinski definition) is 8. The number of nitrogens with zero attached hydrogens (tertiary/aromatic N) is 2. The minimum Gasteiger partial charge on any atom is -0.464 e. The van der Waals surface area contributed by atoms with Crippen LogP contribution >= 0.6 is 0 Å². The van der Waals surface area contributed by atoms with Crippen LogP contribution in [0.1, 0.15) is 33.3 Å². The molecule has 2 heterocycles. The van der Waals surface area contributed by atoms with Gasteiger partial charge in [-0.2, -0.15) is 0 Å². The van der Waals surface area contributed by atoms with Crippen LogP contribution in [0.3, 0.4) is 0 Å². The maximum atomic E-state index is 13.2. The summed E-state index contributed by atoms with van der Waals surface area (Å²) in [6.45, 7) is 7.71. The average molecular weight is 467 g/mol. The summed E-state index contributed by atoms with van der Waals surface area (Å²) in [5.74, 6) is -2.84. The van der Waals surface area contributed by atoms with Crippen molar-refractivity contribution in [3.05, 3.63) is 35.9 Å². The van der Waals surface area contributed by atoms with E-state index in [-0.39, 0.29) is 19.8 Å². The van der Waals surface area contributed by atoms with Crippen LogP contribution in [0.15, 0.2) is 30.3 Å². The van der Waals surface area contributed by atoms with Crippen LogP contribution in [0, 0.1) is 5.92 Å². The van der Waals surface area contributed by atoms with Crippen LogP contribution in [0.2, 0.25) is 0 Å². The third kappa shape index (κ3) is 4.13. The molecule has 1 aromatic rings. The SMILES string of the molecule is CCN(CC)CC(=O)OC[C@H]1C(=O)N2[C@@H](C(=O)OCc3ccccc3)C(C)(C)S(=O)(=O)[C@H]12. The Labute approximate surface area is 188 Å². The lowest BCUT2D eigenvalue weighted by molar-refractivity contribution is -0.171. The number of esters is 2. The van der Waals surface area contributed by atoms with Crippen molar-refractivity contribution < 1.29 is 32.3 Å². The number of β-lactam (4-membered cyclic amide) rings is 1. The summed E-state index contributed by atoms with van der Waals surface area (Å²) in [7, 11) is -3.90. The third-order valence-electron chi connectivity index (χ3n) is 6.30. The number of ether oxygens (including phenoxy) is 2. The molecule has 2 aliphatic rings. The minimum absolute atomic E-state index is 0.0224. The third-order valence-corrected chi connectivity index (χ3v) is 9.18. The Kier molecular flexibility index (Phi) is 6.94. The number of rotatable bonds is 9. The lowest BCUT2D eigenvalue weighted by Gasteiger charge is -2.42. The van der Waals surface area contributed by atoms with Gasteiger partial charge in [-0.1, -0.05) is 44.2 Å². The Morgan fingerprint density at radius 2 is 1.72 bits per heavy atom. The average Bonchev–Trinajstić information content (AvgIpc) is 2.91. The summed E-state index contributed by atoms with van der Waals surface area (Å²) in [5, 5.41) is -1.21. The van der Waals surface area contributed by atoms with E-state index >= 15 is 0 Å². The van der Waals surface area contributed by atoms with Gasteiger partial charge in [0.05, 0.1) is 11.3 Å². The van der Waals surface area contributed by atoms with Gasteiger partial charge in [0.25, 0.3) is 0 Å². The van der Waals surface area contributed by atoms with Gasteiger partial charge in [-0.05, 0) is 32.5 Å². The Morgan fingerprint density at radius 1 is 1.09 bits per heavy atom. The highest BCUT2D eigenvalue weighted by Crippen LogP contribution is 2.49. The van der Waals surface area contributed by atoms with E-state index in [0.29, 0.717) is 13.1 Å². The highest BCUT2D eigenvalue weighted by Gasteiger charge is 2.72. The normalized spacial score (nSPS) is 25.2. The van der Waals surface area contributed by atoms with Gasteiger partial charge < -0.3 is 14.4 Å². The van der Waals surface area contributed by atoms with Crippen LogP contribution in [0.25, 0.3) is 0 Å². The molecule has 3 atom stereocenters. The molecule has 0 N–H and O–H groups in total. The molecule has 10 heteroatoms. The fourth-order valence-electron chi connectivity index (χ4n) is 4.21. The molecule has 176 valence electrons. The van der Waals surface area contributed by atoms with E-state index in [2.05, 4.69) is 0 Å². The number of fused-ring (bicyclic) bond motifs is 1. The number of carbonyl (C=O) groups is 3. The first-order valence-corrected chi connectivity index (χ1v) is 12.2. The van der Waals surface area contributed by atoms with Gasteiger partial charge in [0, 0.05) is 0 Å². The molecule has 2 saturated heterocycles. The van der Waals surface area contributed by atoms with E-state index in [9.17, 15) is 22.8 Å². The molecule has 3 rings (SSSR count). The fraction of sp³-hybridized carbons (Fsp3) is 0.591. The zero-order valence-electron chi connectivity index (χ0n) is 18.8. The summed E-state index contributed by atoms with van der Waals surface area (Å²) in [6.07, 6.45) is 0. The molecule has 0 saturated carbocycles. The molecular formula is C22H30N2O7S. The first kappa shape index (κ1) is 24.2. The van der Waals surface area contributed by atoms with Crippen molar-refractivity contribution in [3.63, 3.8) is 0 Å². The number of amides is 1. The number of likely N-dealkylation sites (N-methyl/N-ethyl adjacent to an activating group) is 1. The van der Waals surface area contributed by atoms with E-state index in [1.54, 1.807) is 24.3 Å². The Hall–Kier alpha value is -2.46. The van der Waals surface area contributed by atoms with Crippen molar-refractivity contribution >= 4 is 27.7 Å². The number of sulfone groups is 1. The van der Waals surface area contributed by atoms with Gasteiger partial charge in [-0.3, -0.25) is 14.5 Å². The van der Waals surface area contributed by atoms with Crippen molar-refractivity contribution in [3.8, 4) is 0 Å². The quantitative estimate of drug-likeness (QED) is 0.391. The van der Waals surface area contributed by atoms with E-state index in [1.165, 1.54) is 13.8 Å². The van der Waals surface area contributed by atoms with Crippen LogP contribution in [-0.2, 0) is 40.3 Å². The molecule has 9 nitrogen and oxygen atoms in total. The number of hydrogen-bond donors (Lipinski definition) is 0. The summed E-state index contributed by atoms with van der Waals surface area (Å²) >= 11 is 0. The Morgan fingerprint density at radius 3 is 2.31 bits per heavy atom. The Bertz CT molecular complexity index is 973. The summed E-state index contributed by atoms with van der Waals surface area (Å²) < 4.78 is 35.4. The van der Waals surface area contributed by atoms with Crippen molar-refractivity contribution in [1.29, 1.82) is 0 Å². The number of carbonyl (C=O) groups excluding carboxylic acids is 3. The maximum absolute atomic E-state index is 13.2. The molecule has 1 aromatic carbocycles. The highest BCUT2D eigenvalue weighted by molar-refractivity contribution is 7.93. The van der Waals surface area contributed by atoms with Crippen molar-refractivity contribution in [2.45, 2.75) is 50.5 Å². The molecule has 0 aromatic heterocycles. The number of benzene rings is 1. The van der Waals surface area contributed by atoms with Gasteiger partial charge in [0.2, 0.25) is 5.91 Å². The summed E-state index contributed by atoms with van der Waals surface area (Å²) in [5.41, 5.74) is 0.754. The van der Waals surface area contributed by atoms with E-state index < -0.39 is 49.8 Å². The first-order chi connectivity index (χ1) is 15.1. The zero-order chi connectivity index (χ0) is 23.7. The van der Waals surface area contributed by atoms with E-state index in [1.807, 2.05) is 24.8 Å². The minimum atomic E-state index is -3.90. The molecule has 0 spiro atoms. The monoisotopic (exact) mass is 466 g/mol. The van der Waals surface area contributed by atoms with Crippen LogP contribution < -0.4 is 0 Å². The van der Waals surface area contributed by atoms with Gasteiger partial charge >= 0.3 is 11.9 Å². The molecule has 0 unspecified atom stereocenters. The summed E-state index contributed by atoms with van der Waals surface area (Å²) in [6, 6.07) is 7.74. The Balaban J connectivity index is 1.70. The molecule has 2 aliphatic heterocycles. The molecule has 0 bridgehead atoms. The lowest BCUT2D eigenvalue weighted by atomic mass is 9.92. The van der Waals surface area contributed by atoms with Gasteiger partial charge in [-0.15, -0.1) is 0 Å². The molecular weight excluding hydrogens is 436 g/mol. The van der Waals surface area contributed by atoms with Crippen molar-refractivity contribution in [2.24, 2.45) is 5.92 Å². The molecule has 0 radical (unpaired) electrons. The topological polar surface area (TPSA) is 110 Å². The van der Waals surface area contributed by atoms with Gasteiger partial charge in [0.15, 0.2) is 15.2 Å². The second-order valence-corrected chi connectivity index (χ2v) is 11.2. The van der Waals surface area contributed by atoms with E-state index in [4.69, 9.17) is 9.47 Å². The standard InChI is InChI=1S/C22H30N2O7S/c1-5-23(6-2)12-17(25)30-14-16-19(26)24-18(22(3,4)32(28,29)20(16)24)21(27)31-13-15-10-8-7-9-11-15/h7-11,16,18,20H,5-6,12-14H2,1-4H3/t16-,18-,20+/m0/s1. The molecule has 2 fully saturated rings. The van der Waals surface area contributed by atoms with E-state index in [0.717, 1.165) is 10.5 Å². The lowest BCUT2D eigenvalue weighted by Crippen LogP contribution is -2.65. The predicted molar refractivity (Wildman–Crippen MR) is 116 cm³/mol. The smallest absolute Gasteiger partial charge is 0.330 e. The predicted octanol–water partition coefficient (Wildman–Crippen LogP) is 0.975. The van der Waals surface area contributed by atoms with Crippen LogP contribution in [0.5, 0.6) is 0 Å². The largest absolute Gasteiger partial charge is 0.464 e. The van der Waals surface area contributed by atoms with Crippen LogP contribution in [-0.4, -0.2) is 78.5 Å². The molecule has 32 heavy (non-hydrogen) atoms. The van der Waals surface area contributed by atoms with Crippen LogP contribution in [0.4, 0.5) is 0 Å². The van der Waals surface area contributed by atoms with Gasteiger partial charge in [-0.25, -0.2) is 13.2 Å². The maximum Gasteiger partial charge on any atom is 0.330 e. The van der Waals surface area contributed by atoms with Crippen molar-refractivity contribution in [1.82, 2.24) is 9.80 Å².